The third kappa shape index (κ3) is 2.28. The summed E-state index contributed by atoms with van der Waals surface area (Å²) in [4.78, 5) is 13.0. The molecule has 0 bridgehead atoms. The predicted molar refractivity (Wildman–Crippen MR) is 72.4 cm³/mol. The van der Waals surface area contributed by atoms with Crippen LogP contribution in [0.5, 0.6) is 0 Å². The van der Waals surface area contributed by atoms with Gasteiger partial charge in [-0.2, -0.15) is 0 Å². The monoisotopic (exact) mass is 242 g/mol. The van der Waals surface area contributed by atoms with Gasteiger partial charge in [-0.3, -0.25) is 4.98 Å². The summed E-state index contributed by atoms with van der Waals surface area (Å²) in [6.45, 7) is 2.32. The van der Waals surface area contributed by atoms with Crippen LogP contribution in [0.2, 0.25) is 0 Å². The van der Waals surface area contributed by atoms with E-state index in [4.69, 9.17) is 0 Å². The molecule has 2 unspecified atom stereocenters. The summed E-state index contributed by atoms with van der Waals surface area (Å²) in [6, 6.07) is 4.52. The minimum absolute atomic E-state index is 0.542. The second-order valence-corrected chi connectivity index (χ2v) is 5.11. The zero-order chi connectivity index (χ0) is 12.4. The third-order valence-electron chi connectivity index (χ3n) is 3.78. The molecule has 1 fully saturated rings. The number of fused-ring (bicyclic) bond motifs is 1. The molecule has 2 atom stereocenters. The van der Waals surface area contributed by atoms with Crippen molar-refractivity contribution in [1.82, 2.24) is 15.0 Å². The fourth-order valence-corrected chi connectivity index (χ4v) is 2.66. The van der Waals surface area contributed by atoms with Crippen LogP contribution in [0.25, 0.3) is 11.2 Å². The number of rotatable bonds is 2. The first-order valence-electron chi connectivity index (χ1n) is 6.67. The van der Waals surface area contributed by atoms with Gasteiger partial charge in [0.25, 0.3) is 0 Å². The summed E-state index contributed by atoms with van der Waals surface area (Å²) < 4.78 is 0. The molecular weight excluding hydrogens is 224 g/mol. The van der Waals surface area contributed by atoms with Crippen molar-refractivity contribution in [3.63, 3.8) is 0 Å². The van der Waals surface area contributed by atoms with E-state index in [1.165, 1.54) is 25.7 Å². The maximum absolute atomic E-state index is 4.52. The van der Waals surface area contributed by atoms with Crippen molar-refractivity contribution in [2.45, 2.75) is 38.6 Å². The van der Waals surface area contributed by atoms with Crippen molar-refractivity contribution in [3.05, 3.63) is 24.5 Å². The standard InChI is InChI=1S/C14H18N4/c1-10-4-2-3-5-11(10)17-13-7-6-12-14(18-13)16-9-8-15-12/h6-11H,2-5H2,1H3,(H,16,17,18). The van der Waals surface area contributed by atoms with E-state index >= 15 is 0 Å². The summed E-state index contributed by atoms with van der Waals surface area (Å²) in [7, 11) is 0. The van der Waals surface area contributed by atoms with Gasteiger partial charge in [0.2, 0.25) is 0 Å². The number of nitrogens with one attached hydrogen (secondary N) is 1. The summed E-state index contributed by atoms with van der Waals surface area (Å²) in [5.74, 6) is 1.64. The SMILES string of the molecule is CC1CCCCC1Nc1ccc2nccnc2n1. The summed E-state index contributed by atoms with van der Waals surface area (Å²) in [6.07, 6.45) is 8.60. The highest BCUT2D eigenvalue weighted by molar-refractivity contribution is 5.71. The first kappa shape index (κ1) is 11.4. The van der Waals surface area contributed by atoms with Gasteiger partial charge in [0.05, 0.1) is 0 Å². The Kier molecular flexibility index (Phi) is 3.09. The van der Waals surface area contributed by atoms with Gasteiger partial charge in [-0.15, -0.1) is 0 Å². The van der Waals surface area contributed by atoms with Gasteiger partial charge in [0.15, 0.2) is 5.65 Å². The Hall–Kier alpha value is -1.71. The molecule has 0 saturated heterocycles. The van der Waals surface area contributed by atoms with E-state index in [-0.39, 0.29) is 0 Å². The summed E-state index contributed by atoms with van der Waals surface area (Å²) >= 11 is 0. The fourth-order valence-electron chi connectivity index (χ4n) is 2.66. The van der Waals surface area contributed by atoms with Gasteiger partial charge in [0.1, 0.15) is 11.3 Å². The maximum atomic E-state index is 4.52. The Morgan fingerprint density at radius 2 is 1.94 bits per heavy atom. The number of pyridine rings is 1. The van der Waals surface area contributed by atoms with Crippen molar-refractivity contribution in [1.29, 1.82) is 0 Å². The van der Waals surface area contributed by atoms with E-state index in [1.807, 2.05) is 12.1 Å². The third-order valence-corrected chi connectivity index (χ3v) is 3.78. The van der Waals surface area contributed by atoms with Crippen LogP contribution in [0.15, 0.2) is 24.5 Å². The minimum Gasteiger partial charge on any atom is -0.367 e. The van der Waals surface area contributed by atoms with E-state index in [1.54, 1.807) is 12.4 Å². The zero-order valence-corrected chi connectivity index (χ0v) is 10.6. The molecule has 0 aromatic carbocycles. The lowest BCUT2D eigenvalue weighted by atomic mass is 9.86. The second-order valence-electron chi connectivity index (χ2n) is 5.11. The van der Waals surface area contributed by atoms with Crippen molar-refractivity contribution in [2.75, 3.05) is 5.32 Å². The average Bonchev–Trinajstić information content (AvgIpc) is 2.41. The van der Waals surface area contributed by atoms with Gasteiger partial charge >= 0.3 is 0 Å². The molecule has 4 heteroatoms. The molecule has 0 aliphatic heterocycles. The molecule has 1 saturated carbocycles. The molecule has 94 valence electrons. The van der Waals surface area contributed by atoms with Gasteiger partial charge in [-0.05, 0) is 30.9 Å². The molecule has 1 aliphatic rings. The highest BCUT2D eigenvalue weighted by Gasteiger charge is 2.21. The second kappa shape index (κ2) is 4.88. The molecule has 1 aliphatic carbocycles. The average molecular weight is 242 g/mol. The van der Waals surface area contributed by atoms with Crippen molar-refractivity contribution in [2.24, 2.45) is 5.92 Å². The summed E-state index contributed by atoms with van der Waals surface area (Å²) in [5, 5.41) is 3.54. The molecule has 2 aromatic heterocycles. The molecule has 0 radical (unpaired) electrons. The van der Waals surface area contributed by atoms with E-state index in [9.17, 15) is 0 Å². The quantitative estimate of drug-likeness (QED) is 0.879. The molecule has 0 amide bonds. The van der Waals surface area contributed by atoms with Crippen LogP contribution < -0.4 is 5.32 Å². The number of anilines is 1. The molecule has 18 heavy (non-hydrogen) atoms. The zero-order valence-electron chi connectivity index (χ0n) is 10.6. The number of hydrogen-bond acceptors (Lipinski definition) is 4. The molecular formula is C14H18N4. The fraction of sp³-hybridized carbons (Fsp3) is 0.500. The lowest BCUT2D eigenvalue weighted by Gasteiger charge is -2.29. The van der Waals surface area contributed by atoms with Crippen molar-refractivity contribution >= 4 is 17.0 Å². The highest BCUT2D eigenvalue weighted by Crippen LogP contribution is 2.26. The number of nitrogens with zero attached hydrogens (tertiary/aromatic N) is 3. The van der Waals surface area contributed by atoms with Crippen LogP contribution in [0, 0.1) is 5.92 Å². The molecule has 2 heterocycles. The first-order chi connectivity index (χ1) is 8.83. The van der Waals surface area contributed by atoms with Gasteiger partial charge in [-0.25, -0.2) is 9.97 Å². The Bertz CT molecular complexity index is 540. The topological polar surface area (TPSA) is 50.7 Å². The smallest absolute Gasteiger partial charge is 0.180 e. The largest absolute Gasteiger partial charge is 0.367 e. The maximum Gasteiger partial charge on any atom is 0.180 e. The Morgan fingerprint density at radius 1 is 1.11 bits per heavy atom. The minimum atomic E-state index is 0.542. The number of hydrogen-bond donors (Lipinski definition) is 1. The van der Waals surface area contributed by atoms with Crippen molar-refractivity contribution in [3.8, 4) is 0 Å². The van der Waals surface area contributed by atoms with Crippen LogP contribution in [-0.2, 0) is 0 Å². The van der Waals surface area contributed by atoms with E-state index in [2.05, 4.69) is 27.2 Å². The Balaban J connectivity index is 1.81. The van der Waals surface area contributed by atoms with Crippen molar-refractivity contribution < 1.29 is 0 Å². The molecule has 2 aromatic rings. The Labute approximate surface area is 107 Å². The molecule has 4 nitrogen and oxygen atoms in total. The molecule has 1 N–H and O–H groups in total. The van der Waals surface area contributed by atoms with Crippen LogP contribution in [0.3, 0.4) is 0 Å². The lowest BCUT2D eigenvalue weighted by molar-refractivity contribution is 0.349. The van der Waals surface area contributed by atoms with Gasteiger partial charge < -0.3 is 5.32 Å². The van der Waals surface area contributed by atoms with Gasteiger partial charge in [-0.1, -0.05) is 19.8 Å². The van der Waals surface area contributed by atoms with Gasteiger partial charge in [0, 0.05) is 18.4 Å². The van der Waals surface area contributed by atoms with E-state index in [0.29, 0.717) is 11.7 Å². The van der Waals surface area contributed by atoms with E-state index in [0.717, 1.165) is 17.3 Å². The van der Waals surface area contributed by atoms with Crippen LogP contribution in [-0.4, -0.2) is 21.0 Å². The Morgan fingerprint density at radius 3 is 2.83 bits per heavy atom. The lowest BCUT2D eigenvalue weighted by Crippen LogP contribution is -2.30. The first-order valence-corrected chi connectivity index (χ1v) is 6.67. The van der Waals surface area contributed by atoms with Crippen LogP contribution in [0.1, 0.15) is 32.6 Å². The molecule has 0 spiro atoms. The highest BCUT2D eigenvalue weighted by atomic mass is 15.0. The van der Waals surface area contributed by atoms with Crippen LogP contribution in [0.4, 0.5) is 5.82 Å². The normalized spacial score (nSPS) is 24.1. The predicted octanol–water partition coefficient (Wildman–Crippen LogP) is 3.02. The van der Waals surface area contributed by atoms with Crippen LogP contribution >= 0.6 is 0 Å². The van der Waals surface area contributed by atoms with E-state index < -0.39 is 0 Å². The number of aromatic nitrogens is 3. The molecule has 3 rings (SSSR count). The summed E-state index contributed by atoms with van der Waals surface area (Å²) in [5.41, 5.74) is 1.56.